The lowest BCUT2D eigenvalue weighted by molar-refractivity contribution is 0.0937. The highest BCUT2D eigenvalue weighted by Crippen LogP contribution is 2.35. The standard InChI is InChI=1S/C19H13Cl2FN4O2/c1-26-5-4-24-18(26)19(27)25-10-12-2-3-15(21)17(16(12)22)28-14-7-11(9-23)6-13(20)8-14/h2-8H,10H2,1H3,(H,25,27). The maximum absolute atomic E-state index is 14.9. The van der Waals surface area contributed by atoms with Crippen LogP contribution in [0.4, 0.5) is 4.39 Å². The Hall–Kier alpha value is -3.08. The molecule has 142 valence electrons. The second-order valence-corrected chi connectivity index (χ2v) is 6.63. The highest BCUT2D eigenvalue weighted by molar-refractivity contribution is 6.32. The third kappa shape index (κ3) is 4.25. The molecule has 0 radical (unpaired) electrons. The predicted octanol–water partition coefficient (Wildman–Crippen LogP) is 4.46. The number of benzene rings is 2. The summed E-state index contributed by atoms with van der Waals surface area (Å²) < 4.78 is 22.0. The van der Waals surface area contributed by atoms with E-state index >= 15 is 0 Å². The maximum Gasteiger partial charge on any atom is 0.287 e. The molecule has 3 aromatic rings. The number of nitrogens with zero attached hydrogens (tertiary/aromatic N) is 3. The summed E-state index contributed by atoms with van der Waals surface area (Å²) in [5.74, 6) is -1.03. The Bertz CT molecular complexity index is 1090. The number of ether oxygens (including phenoxy) is 1. The molecule has 0 aliphatic heterocycles. The van der Waals surface area contributed by atoms with Crippen LogP contribution in [-0.4, -0.2) is 15.5 Å². The predicted molar refractivity (Wildman–Crippen MR) is 102 cm³/mol. The summed E-state index contributed by atoms with van der Waals surface area (Å²) >= 11 is 12.0. The summed E-state index contributed by atoms with van der Waals surface area (Å²) in [7, 11) is 1.68. The third-order valence-electron chi connectivity index (χ3n) is 3.81. The molecule has 0 aliphatic carbocycles. The molecule has 1 N–H and O–H groups in total. The van der Waals surface area contributed by atoms with Gasteiger partial charge in [0, 0.05) is 36.6 Å². The van der Waals surface area contributed by atoms with Gasteiger partial charge in [-0.1, -0.05) is 29.3 Å². The van der Waals surface area contributed by atoms with E-state index in [0.717, 1.165) is 0 Å². The van der Waals surface area contributed by atoms with E-state index in [1.165, 1.54) is 36.5 Å². The maximum atomic E-state index is 14.9. The first-order valence-electron chi connectivity index (χ1n) is 8.00. The molecule has 0 unspecified atom stereocenters. The van der Waals surface area contributed by atoms with Crippen molar-refractivity contribution < 1.29 is 13.9 Å². The van der Waals surface area contributed by atoms with Crippen molar-refractivity contribution in [1.82, 2.24) is 14.9 Å². The molecular weight excluding hydrogens is 406 g/mol. The molecule has 3 rings (SSSR count). The van der Waals surface area contributed by atoms with Crippen LogP contribution in [0.5, 0.6) is 11.5 Å². The van der Waals surface area contributed by atoms with Crippen LogP contribution in [-0.2, 0) is 13.6 Å². The van der Waals surface area contributed by atoms with Gasteiger partial charge in [0.2, 0.25) is 0 Å². The fourth-order valence-electron chi connectivity index (χ4n) is 2.45. The van der Waals surface area contributed by atoms with E-state index in [0.29, 0.717) is 0 Å². The number of aryl methyl sites for hydroxylation is 1. The van der Waals surface area contributed by atoms with Crippen molar-refractivity contribution in [2.24, 2.45) is 7.05 Å². The van der Waals surface area contributed by atoms with Crippen LogP contribution < -0.4 is 10.1 Å². The molecule has 6 nitrogen and oxygen atoms in total. The normalized spacial score (nSPS) is 10.4. The van der Waals surface area contributed by atoms with Gasteiger partial charge in [0.1, 0.15) is 5.75 Å². The highest BCUT2D eigenvalue weighted by Gasteiger charge is 2.17. The van der Waals surface area contributed by atoms with Crippen LogP contribution in [0.3, 0.4) is 0 Å². The number of rotatable bonds is 5. The zero-order valence-electron chi connectivity index (χ0n) is 14.5. The molecule has 0 aliphatic rings. The second kappa shape index (κ2) is 8.30. The number of hydrogen-bond donors (Lipinski definition) is 1. The van der Waals surface area contributed by atoms with E-state index in [2.05, 4.69) is 10.3 Å². The fraction of sp³-hybridized carbons (Fsp3) is 0.105. The van der Waals surface area contributed by atoms with E-state index in [4.69, 9.17) is 33.2 Å². The molecule has 0 saturated carbocycles. The molecule has 0 saturated heterocycles. The molecule has 1 amide bonds. The molecule has 1 heterocycles. The number of amides is 1. The van der Waals surface area contributed by atoms with Crippen LogP contribution in [0.25, 0.3) is 0 Å². The van der Waals surface area contributed by atoms with E-state index in [1.807, 2.05) is 6.07 Å². The number of carbonyl (C=O) groups is 1. The van der Waals surface area contributed by atoms with Crippen LogP contribution in [0.2, 0.25) is 10.0 Å². The molecule has 0 bridgehead atoms. The van der Waals surface area contributed by atoms with Gasteiger partial charge in [-0.05, 0) is 24.3 Å². The minimum atomic E-state index is -0.730. The minimum Gasteiger partial charge on any atom is -0.453 e. The Morgan fingerprint density at radius 1 is 1.36 bits per heavy atom. The summed E-state index contributed by atoms with van der Waals surface area (Å²) in [5, 5.41) is 11.9. The molecular formula is C19H13Cl2FN4O2. The summed E-state index contributed by atoms with van der Waals surface area (Å²) in [6.45, 7) is -0.0932. The van der Waals surface area contributed by atoms with E-state index in [1.54, 1.807) is 17.8 Å². The number of aromatic nitrogens is 2. The first-order valence-corrected chi connectivity index (χ1v) is 8.75. The van der Waals surface area contributed by atoms with Gasteiger partial charge in [0.05, 0.1) is 16.7 Å². The SMILES string of the molecule is Cn1ccnc1C(=O)NCc1ccc(Cl)c(Oc2cc(Cl)cc(C#N)c2)c1F. The van der Waals surface area contributed by atoms with E-state index in [-0.39, 0.29) is 45.0 Å². The smallest absolute Gasteiger partial charge is 0.287 e. The highest BCUT2D eigenvalue weighted by atomic mass is 35.5. The van der Waals surface area contributed by atoms with Crippen molar-refractivity contribution in [3.8, 4) is 17.6 Å². The summed E-state index contributed by atoms with van der Waals surface area (Å²) in [6, 6.07) is 9.15. The molecule has 0 fully saturated rings. The number of nitrogens with one attached hydrogen (secondary N) is 1. The molecule has 1 aromatic heterocycles. The first-order chi connectivity index (χ1) is 13.4. The number of carbonyl (C=O) groups excluding carboxylic acids is 1. The lowest BCUT2D eigenvalue weighted by Gasteiger charge is -2.13. The molecule has 2 aromatic carbocycles. The summed E-state index contributed by atoms with van der Waals surface area (Å²) in [5.41, 5.74) is 0.432. The monoisotopic (exact) mass is 418 g/mol. The van der Waals surface area contributed by atoms with Gasteiger partial charge in [-0.3, -0.25) is 4.79 Å². The number of hydrogen-bond acceptors (Lipinski definition) is 4. The van der Waals surface area contributed by atoms with Crippen LogP contribution in [0.1, 0.15) is 21.7 Å². The summed E-state index contributed by atoms with van der Waals surface area (Å²) in [6.07, 6.45) is 3.12. The summed E-state index contributed by atoms with van der Waals surface area (Å²) in [4.78, 5) is 16.1. The molecule has 9 heteroatoms. The van der Waals surface area contributed by atoms with Gasteiger partial charge < -0.3 is 14.6 Å². The van der Waals surface area contributed by atoms with Crippen molar-refractivity contribution in [3.05, 3.63) is 75.5 Å². The van der Waals surface area contributed by atoms with Crippen molar-refractivity contribution in [1.29, 1.82) is 5.26 Å². The first kappa shape index (κ1) is 19.7. The third-order valence-corrected chi connectivity index (χ3v) is 4.33. The average molecular weight is 419 g/mol. The number of halogens is 3. The second-order valence-electron chi connectivity index (χ2n) is 5.78. The largest absolute Gasteiger partial charge is 0.453 e. The topological polar surface area (TPSA) is 79.9 Å². The zero-order valence-corrected chi connectivity index (χ0v) is 16.1. The Morgan fingerprint density at radius 2 is 2.14 bits per heavy atom. The Morgan fingerprint density at radius 3 is 2.82 bits per heavy atom. The van der Waals surface area contributed by atoms with Crippen molar-refractivity contribution in [3.63, 3.8) is 0 Å². The number of imidazole rings is 1. The Balaban J connectivity index is 1.82. The fourth-order valence-corrected chi connectivity index (χ4v) is 2.86. The average Bonchev–Trinajstić information content (AvgIpc) is 3.09. The van der Waals surface area contributed by atoms with Crippen LogP contribution in [0, 0.1) is 17.1 Å². The minimum absolute atomic E-state index is 0.0372. The van der Waals surface area contributed by atoms with Crippen molar-refractivity contribution in [2.45, 2.75) is 6.54 Å². The van der Waals surface area contributed by atoms with Gasteiger partial charge in [-0.15, -0.1) is 0 Å². The molecule has 0 atom stereocenters. The van der Waals surface area contributed by atoms with Crippen molar-refractivity contribution >= 4 is 29.1 Å². The number of nitriles is 1. The van der Waals surface area contributed by atoms with Gasteiger partial charge in [-0.2, -0.15) is 5.26 Å². The van der Waals surface area contributed by atoms with Crippen LogP contribution >= 0.6 is 23.2 Å². The van der Waals surface area contributed by atoms with E-state index < -0.39 is 11.7 Å². The van der Waals surface area contributed by atoms with Gasteiger partial charge in [0.15, 0.2) is 17.4 Å². The lowest BCUT2D eigenvalue weighted by atomic mass is 10.2. The van der Waals surface area contributed by atoms with Gasteiger partial charge in [0.25, 0.3) is 5.91 Å². The Kier molecular flexibility index (Phi) is 5.83. The Labute approximate surface area is 170 Å². The zero-order chi connectivity index (χ0) is 20.3. The van der Waals surface area contributed by atoms with Gasteiger partial charge in [-0.25, -0.2) is 9.37 Å². The quantitative estimate of drug-likeness (QED) is 0.662. The molecule has 28 heavy (non-hydrogen) atoms. The lowest BCUT2D eigenvalue weighted by Crippen LogP contribution is -2.26. The van der Waals surface area contributed by atoms with Crippen LogP contribution in [0.15, 0.2) is 42.7 Å². The van der Waals surface area contributed by atoms with Crippen molar-refractivity contribution in [2.75, 3.05) is 0 Å². The molecule has 0 spiro atoms. The van der Waals surface area contributed by atoms with E-state index in [9.17, 15) is 9.18 Å². The van der Waals surface area contributed by atoms with Gasteiger partial charge >= 0.3 is 0 Å².